The van der Waals surface area contributed by atoms with Crippen LogP contribution in [0.1, 0.15) is 37.8 Å². The Morgan fingerprint density at radius 1 is 1.56 bits per heavy atom. The Balaban J connectivity index is 2.60. The monoisotopic (exact) mass is 255 g/mol. The van der Waals surface area contributed by atoms with Crippen LogP contribution in [0.4, 0.5) is 4.39 Å². The maximum atomic E-state index is 13.6. The van der Waals surface area contributed by atoms with Crippen LogP contribution in [0.3, 0.4) is 0 Å². The highest BCUT2D eigenvalue weighted by atomic mass is 19.1. The van der Waals surface area contributed by atoms with E-state index in [2.05, 4.69) is 0 Å². The number of carbonyl (C=O) groups is 1. The number of carboxylic acids is 1. The lowest BCUT2D eigenvalue weighted by Crippen LogP contribution is -2.11. The summed E-state index contributed by atoms with van der Waals surface area (Å²) in [4.78, 5) is 10.4. The van der Waals surface area contributed by atoms with Gasteiger partial charge in [0.15, 0.2) is 11.6 Å². The van der Waals surface area contributed by atoms with Gasteiger partial charge in [-0.15, -0.1) is 0 Å². The number of hydrogen-bond acceptors (Lipinski definition) is 3. The highest BCUT2D eigenvalue weighted by Gasteiger charge is 2.10. The van der Waals surface area contributed by atoms with E-state index in [4.69, 9.17) is 15.6 Å². The molecule has 0 saturated carbocycles. The van der Waals surface area contributed by atoms with E-state index in [9.17, 15) is 9.18 Å². The van der Waals surface area contributed by atoms with E-state index in [0.29, 0.717) is 25.0 Å². The third kappa shape index (κ3) is 4.33. The number of ether oxygens (including phenoxy) is 1. The summed E-state index contributed by atoms with van der Waals surface area (Å²) in [5, 5.41) is 8.52. The molecule has 0 aliphatic heterocycles. The fourth-order valence-corrected chi connectivity index (χ4v) is 1.66. The summed E-state index contributed by atoms with van der Waals surface area (Å²) < 4.78 is 18.7. The Kier molecular flexibility index (Phi) is 5.58. The number of nitrogens with two attached hydrogens (primary N) is 1. The summed E-state index contributed by atoms with van der Waals surface area (Å²) in [5.74, 6) is -1.08. The second kappa shape index (κ2) is 6.96. The molecule has 1 rings (SSSR count). The zero-order valence-corrected chi connectivity index (χ0v) is 10.4. The maximum absolute atomic E-state index is 13.6. The zero-order chi connectivity index (χ0) is 13.5. The van der Waals surface area contributed by atoms with Gasteiger partial charge in [0, 0.05) is 12.5 Å². The average molecular weight is 255 g/mol. The second-order valence-electron chi connectivity index (χ2n) is 4.02. The summed E-state index contributed by atoms with van der Waals surface area (Å²) >= 11 is 0. The third-order valence-corrected chi connectivity index (χ3v) is 2.59. The van der Waals surface area contributed by atoms with Crippen molar-refractivity contribution in [3.8, 4) is 5.75 Å². The minimum absolute atomic E-state index is 0.0766. The van der Waals surface area contributed by atoms with Crippen molar-refractivity contribution in [3.63, 3.8) is 0 Å². The fourth-order valence-electron chi connectivity index (χ4n) is 1.66. The van der Waals surface area contributed by atoms with Crippen LogP contribution in [0.25, 0.3) is 0 Å². The molecule has 0 aliphatic carbocycles. The summed E-state index contributed by atoms with van der Waals surface area (Å²) in [6.45, 7) is 2.19. The second-order valence-corrected chi connectivity index (χ2v) is 4.02. The number of hydrogen-bond donors (Lipinski definition) is 2. The number of aliphatic carboxylic acids is 1. The molecule has 0 bridgehead atoms. The van der Waals surface area contributed by atoms with Gasteiger partial charge in [-0.2, -0.15) is 0 Å². The van der Waals surface area contributed by atoms with E-state index in [-0.39, 0.29) is 18.2 Å². The van der Waals surface area contributed by atoms with Crippen molar-refractivity contribution in [2.75, 3.05) is 6.61 Å². The van der Waals surface area contributed by atoms with Crippen LogP contribution in [0.5, 0.6) is 5.75 Å². The van der Waals surface area contributed by atoms with Crippen LogP contribution >= 0.6 is 0 Å². The first-order valence-corrected chi connectivity index (χ1v) is 5.94. The molecule has 1 aromatic rings. The Bertz CT molecular complexity index is 409. The predicted molar refractivity (Wildman–Crippen MR) is 66.0 cm³/mol. The number of rotatable bonds is 7. The molecule has 0 aliphatic rings. The Morgan fingerprint density at radius 2 is 2.28 bits per heavy atom. The van der Waals surface area contributed by atoms with Crippen LogP contribution in [0, 0.1) is 5.82 Å². The first-order chi connectivity index (χ1) is 8.54. The highest BCUT2D eigenvalue weighted by Crippen LogP contribution is 2.23. The van der Waals surface area contributed by atoms with E-state index >= 15 is 0 Å². The van der Waals surface area contributed by atoms with E-state index in [0.717, 1.165) is 0 Å². The minimum atomic E-state index is -0.847. The molecule has 0 aromatic heterocycles. The summed E-state index contributed by atoms with van der Waals surface area (Å²) in [6.07, 6.45) is 1.07. The van der Waals surface area contributed by atoms with Gasteiger partial charge in [0.1, 0.15) is 0 Å². The molecule has 5 heteroatoms. The quantitative estimate of drug-likeness (QED) is 0.785. The van der Waals surface area contributed by atoms with Gasteiger partial charge in [0.05, 0.1) is 6.61 Å². The standard InChI is InChI=1S/C13H18FNO3/c1-2-18-12-7-6-9(8-10(12)14)11(15)4-3-5-13(16)17/h6-8,11H,2-5,15H2,1H3,(H,16,17). The first-order valence-electron chi connectivity index (χ1n) is 5.94. The van der Waals surface area contributed by atoms with E-state index in [1.165, 1.54) is 6.07 Å². The van der Waals surface area contributed by atoms with Gasteiger partial charge in [0.25, 0.3) is 0 Å². The first kappa shape index (κ1) is 14.4. The van der Waals surface area contributed by atoms with Gasteiger partial charge in [-0.05, 0) is 37.5 Å². The highest BCUT2D eigenvalue weighted by molar-refractivity contribution is 5.66. The maximum Gasteiger partial charge on any atom is 0.303 e. The fraction of sp³-hybridized carbons (Fsp3) is 0.462. The van der Waals surface area contributed by atoms with Crippen LogP contribution in [0.15, 0.2) is 18.2 Å². The lowest BCUT2D eigenvalue weighted by atomic mass is 10.0. The molecule has 100 valence electrons. The van der Waals surface area contributed by atoms with E-state index in [1.807, 2.05) is 0 Å². The van der Waals surface area contributed by atoms with Crippen molar-refractivity contribution in [2.45, 2.75) is 32.2 Å². The average Bonchev–Trinajstić information content (AvgIpc) is 2.31. The van der Waals surface area contributed by atoms with Crippen molar-refractivity contribution in [1.29, 1.82) is 0 Å². The summed E-state index contributed by atoms with van der Waals surface area (Å²) in [6, 6.07) is 4.25. The van der Waals surface area contributed by atoms with Crippen molar-refractivity contribution in [2.24, 2.45) is 5.73 Å². The van der Waals surface area contributed by atoms with Crippen LogP contribution in [-0.2, 0) is 4.79 Å². The Morgan fingerprint density at radius 3 is 2.83 bits per heavy atom. The van der Waals surface area contributed by atoms with Crippen molar-refractivity contribution in [3.05, 3.63) is 29.6 Å². The lowest BCUT2D eigenvalue weighted by molar-refractivity contribution is -0.137. The molecule has 1 unspecified atom stereocenters. The number of halogens is 1. The molecule has 4 nitrogen and oxygen atoms in total. The SMILES string of the molecule is CCOc1ccc(C(N)CCCC(=O)O)cc1F. The van der Waals surface area contributed by atoms with Gasteiger partial charge >= 0.3 is 5.97 Å². The molecule has 0 saturated heterocycles. The molecule has 3 N–H and O–H groups in total. The zero-order valence-electron chi connectivity index (χ0n) is 10.4. The van der Waals surface area contributed by atoms with Crippen LogP contribution in [0.2, 0.25) is 0 Å². The summed E-state index contributed by atoms with van der Waals surface area (Å²) in [5.41, 5.74) is 6.53. The van der Waals surface area contributed by atoms with Gasteiger partial charge in [-0.1, -0.05) is 6.07 Å². The molecule has 1 atom stereocenters. The smallest absolute Gasteiger partial charge is 0.303 e. The Labute approximate surface area is 106 Å². The van der Waals surface area contributed by atoms with Gasteiger partial charge in [0.2, 0.25) is 0 Å². The van der Waals surface area contributed by atoms with Crippen molar-refractivity contribution in [1.82, 2.24) is 0 Å². The molecule has 0 radical (unpaired) electrons. The topological polar surface area (TPSA) is 72.5 Å². The minimum Gasteiger partial charge on any atom is -0.491 e. The normalized spacial score (nSPS) is 12.2. The third-order valence-electron chi connectivity index (χ3n) is 2.59. The number of benzene rings is 1. The van der Waals surface area contributed by atoms with Crippen LogP contribution in [-0.4, -0.2) is 17.7 Å². The molecule has 0 amide bonds. The molecule has 0 heterocycles. The molecule has 18 heavy (non-hydrogen) atoms. The molecule has 1 aromatic carbocycles. The van der Waals surface area contributed by atoms with Crippen LogP contribution < -0.4 is 10.5 Å². The predicted octanol–water partition coefficient (Wildman–Crippen LogP) is 2.48. The van der Waals surface area contributed by atoms with Gasteiger partial charge < -0.3 is 15.6 Å². The Hall–Kier alpha value is -1.62. The van der Waals surface area contributed by atoms with E-state index < -0.39 is 11.8 Å². The molecule has 0 spiro atoms. The molecule has 0 fully saturated rings. The van der Waals surface area contributed by atoms with Crippen molar-refractivity contribution >= 4 is 5.97 Å². The van der Waals surface area contributed by atoms with E-state index in [1.54, 1.807) is 19.1 Å². The molecular weight excluding hydrogens is 237 g/mol. The van der Waals surface area contributed by atoms with Crippen molar-refractivity contribution < 1.29 is 19.0 Å². The van der Waals surface area contributed by atoms with Gasteiger partial charge in [-0.25, -0.2) is 4.39 Å². The number of carboxylic acid groups (broad SMARTS) is 1. The summed E-state index contributed by atoms with van der Waals surface area (Å²) in [7, 11) is 0. The lowest BCUT2D eigenvalue weighted by Gasteiger charge is -2.13. The largest absolute Gasteiger partial charge is 0.491 e. The van der Waals surface area contributed by atoms with Gasteiger partial charge in [-0.3, -0.25) is 4.79 Å². The molecular formula is C13H18FNO3.